The molecule has 1 aromatic carbocycles. The molecule has 0 radical (unpaired) electrons. The maximum Gasteiger partial charge on any atom is 0.128 e. The maximum atomic E-state index is 13.8. The van der Waals surface area contributed by atoms with E-state index in [0.717, 1.165) is 29.3 Å². The number of nitrogens with two attached hydrogens (primary N) is 1. The van der Waals surface area contributed by atoms with Crippen LogP contribution in [0.15, 0.2) is 30.5 Å². The van der Waals surface area contributed by atoms with E-state index in [9.17, 15) is 8.78 Å². The summed E-state index contributed by atoms with van der Waals surface area (Å²) < 4.78 is 27.1. The minimum absolute atomic E-state index is 0.141. The van der Waals surface area contributed by atoms with Gasteiger partial charge in [0.2, 0.25) is 0 Å². The van der Waals surface area contributed by atoms with Gasteiger partial charge in [-0.15, -0.1) is 0 Å². The molecule has 19 heavy (non-hydrogen) atoms. The van der Waals surface area contributed by atoms with Crippen LogP contribution < -0.4 is 11.3 Å². The molecule has 0 amide bonds. The van der Waals surface area contributed by atoms with Gasteiger partial charge in [0.15, 0.2) is 0 Å². The SMILES string of the molecule is Cc1cnc(C(NN)c2cc(F)ccc2F)c(C)c1. The highest BCUT2D eigenvalue weighted by atomic mass is 19.1. The van der Waals surface area contributed by atoms with Crippen LogP contribution in [0.3, 0.4) is 0 Å². The first kappa shape index (κ1) is 13.6. The highest BCUT2D eigenvalue weighted by molar-refractivity contribution is 5.34. The molecular weight excluding hydrogens is 248 g/mol. The molecule has 3 N–H and O–H groups in total. The van der Waals surface area contributed by atoms with Crippen molar-refractivity contribution in [2.45, 2.75) is 19.9 Å². The average Bonchev–Trinajstić information content (AvgIpc) is 2.36. The number of benzene rings is 1. The van der Waals surface area contributed by atoms with Crippen LogP contribution in [0.1, 0.15) is 28.4 Å². The lowest BCUT2D eigenvalue weighted by Gasteiger charge is -2.19. The minimum Gasteiger partial charge on any atom is -0.271 e. The Morgan fingerprint density at radius 2 is 1.95 bits per heavy atom. The second-order valence-electron chi connectivity index (χ2n) is 4.48. The number of hydrogen-bond donors (Lipinski definition) is 2. The van der Waals surface area contributed by atoms with E-state index in [-0.39, 0.29) is 5.56 Å². The van der Waals surface area contributed by atoms with Crippen molar-refractivity contribution in [1.82, 2.24) is 10.4 Å². The Morgan fingerprint density at radius 1 is 1.21 bits per heavy atom. The van der Waals surface area contributed by atoms with Crippen LogP contribution in [0.4, 0.5) is 8.78 Å². The van der Waals surface area contributed by atoms with Crippen LogP contribution in [0.5, 0.6) is 0 Å². The van der Waals surface area contributed by atoms with E-state index in [1.54, 1.807) is 6.20 Å². The number of aryl methyl sites for hydroxylation is 2. The molecule has 1 unspecified atom stereocenters. The molecule has 1 aromatic heterocycles. The number of nitrogens with zero attached hydrogens (tertiary/aromatic N) is 1. The molecule has 100 valence electrons. The number of rotatable bonds is 3. The van der Waals surface area contributed by atoms with Gasteiger partial charge in [0.05, 0.1) is 11.7 Å². The van der Waals surface area contributed by atoms with Crippen LogP contribution in [-0.4, -0.2) is 4.98 Å². The summed E-state index contributed by atoms with van der Waals surface area (Å²) in [5.41, 5.74) is 5.08. The summed E-state index contributed by atoms with van der Waals surface area (Å²) in [4.78, 5) is 4.26. The Kier molecular flexibility index (Phi) is 3.87. The number of nitrogens with one attached hydrogen (secondary N) is 1. The quantitative estimate of drug-likeness (QED) is 0.661. The normalized spacial score (nSPS) is 12.5. The second kappa shape index (κ2) is 5.42. The fourth-order valence-electron chi connectivity index (χ4n) is 2.08. The zero-order valence-corrected chi connectivity index (χ0v) is 10.7. The summed E-state index contributed by atoms with van der Waals surface area (Å²) >= 11 is 0. The summed E-state index contributed by atoms with van der Waals surface area (Å²) in [6, 6.07) is 4.52. The van der Waals surface area contributed by atoms with E-state index in [0.29, 0.717) is 5.69 Å². The first-order valence-electron chi connectivity index (χ1n) is 5.87. The molecule has 0 aliphatic heterocycles. The number of pyridine rings is 1. The summed E-state index contributed by atoms with van der Waals surface area (Å²) in [6.07, 6.45) is 1.67. The number of hydrazine groups is 1. The lowest BCUT2D eigenvalue weighted by molar-refractivity contribution is 0.538. The van der Waals surface area contributed by atoms with Crippen LogP contribution in [0.25, 0.3) is 0 Å². The number of hydrogen-bond acceptors (Lipinski definition) is 3. The fraction of sp³-hybridized carbons (Fsp3) is 0.214. The van der Waals surface area contributed by atoms with Gasteiger partial charge in [0, 0.05) is 11.8 Å². The van der Waals surface area contributed by atoms with Gasteiger partial charge in [-0.2, -0.15) is 0 Å². The summed E-state index contributed by atoms with van der Waals surface area (Å²) in [6.45, 7) is 3.77. The third-order valence-electron chi connectivity index (χ3n) is 2.96. The van der Waals surface area contributed by atoms with Crippen molar-refractivity contribution in [3.05, 3.63) is 64.5 Å². The van der Waals surface area contributed by atoms with Crippen molar-refractivity contribution < 1.29 is 8.78 Å². The van der Waals surface area contributed by atoms with Crippen molar-refractivity contribution in [2.75, 3.05) is 0 Å². The topological polar surface area (TPSA) is 50.9 Å². The van der Waals surface area contributed by atoms with Crippen LogP contribution in [0, 0.1) is 25.5 Å². The standard InChI is InChI=1S/C14H15F2N3/c1-8-5-9(2)13(18-7-8)14(19-17)11-6-10(15)3-4-12(11)16/h3-7,14,19H,17H2,1-2H3. The fourth-order valence-corrected chi connectivity index (χ4v) is 2.08. The van der Waals surface area contributed by atoms with Crippen LogP contribution in [0.2, 0.25) is 0 Å². The van der Waals surface area contributed by atoms with Gasteiger partial charge in [-0.25, -0.2) is 14.2 Å². The molecule has 0 spiro atoms. The highest BCUT2D eigenvalue weighted by Gasteiger charge is 2.20. The van der Waals surface area contributed by atoms with Crippen LogP contribution >= 0.6 is 0 Å². The van der Waals surface area contributed by atoms with Gasteiger partial charge >= 0.3 is 0 Å². The predicted molar refractivity (Wildman–Crippen MR) is 69.2 cm³/mol. The third-order valence-corrected chi connectivity index (χ3v) is 2.96. The largest absolute Gasteiger partial charge is 0.271 e. The van der Waals surface area contributed by atoms with E-state index in [1.807, 2.05) is 19.9 Å². The van der Waals surface area contributed by atoms with Crippen LogP contribution in [-0.2, 0) is 0 Å². The van der Waals surface area contributed by atoms with Crippen molar-refractivity contribution in [3.8, 4) is 0 Å². The average molecular weight is 263 g/mol. The van der Waals surface area contributed by atoms with E-state index < -0.39 is 17.7 Å². The molecule has 3 nitrogen and oxygen atoms in total. The van der Waals surface area contributed by atoms with Crippen molar-refractivity contribution in [1.29, 1.82) is 0 Å². The number of aromatic nitrogens is 1. The first-order valence-corrected chi connectivity index (χ1v) is 5.87. The molecule has 2 rings (SSSR count). The molecule has 0 saturated heterocycles. The zero-order valence-electron chi connectivity index (χ0n) is 10.7. The maximum absolute atomic E-state index is 13.8. The molecule has 0 aliphatic carbocycles. The third kappa shape index (κ3) is 2.77. The van der Waals surface area contributed by atoms with Gasteiger partial charge in [-0.3, -0.25) is 10.8 Å². The summed E-state index contributed by atoms with van der Waals surface area (Å²) in [5.74, 6) is 4.45. The molecular formula is C14H15F2N3. The number of halogens is 2. The zero-order chi connectivity index (χ0) is 14.0. The van der Waals surface area contributed by atoms with E-state index in [1.165, 1.54) is 0 Å². The lowest BCUT2D eigenvalue weighted by atomic mass is 9.99. The van der Waals surface area contributed by atoms with Gasteiger partial charge in [0.1, 0.15) is 11.6 Å². The second-order valence-corrected chi connectivity index (χ2v) is 4.48. The van der Waals surface area contributed by atoms with Gasteiger partial charge in [0.25, 0.3) is 0 Å². The molecule has 2 aromatic rings. The predicted octanol–water partition coefficient (Wildman–Crippen LogP) is 2.53. The van der Waals surface area contributed by atoms with Crippen molar-refractivity contribution in [2.24, 2.45) is 5.84 Å². The van der Waals surface area contributed by atoms with E-state index in [2.05, 4.69) is 10.4 Å². The van der Waals surface area contributed by atoms with Gasteiger partial charge < -0.3 is 0 Å². The minimum atomic E-state index is -0.684. The molecule has 0 aliphatic rings. The lowest BCUT2D eigenvalue weighted by Crippen LogP contribution is -2.31. The monoisotopic (exact) mass is 263 g/mol. The van der Waals surface area contributed by atoms with Gasteiger partial charge in [-0.1, -0.05) is 6.07 Å². The van der Waals surface area contributed by atoms with Crippen molar-refractivity contribution >= 4 is 0 Å². The van der Waals surface area contributed by atoms with E-state index >= 15 is 0 Å². The van der Waals surface area contributed by atoms with Crippen molar-refractivity contribution in [3.63, 3.8) is 0 Å². The Balaban J connectivity index is 2.52. The summed E-state index contributed by atoms with van der Waals surface area (Å²) in [7, 11) is 0. The Bertz CT molecular complexity index is 599. The van der Waals surface area contributed by atoms with Gasteiger partial charge in [-0.05, 0) is 43.2 Å². The molecule has 1 heterocycles. The Labute approximate surface area is 110 Å². The molecule has 0 saturated carbocycles. The molecule has 0 bridgehead atoms. The Morgan fingerprint density at radius 3 is 2.58 bits per heavy atom. The Hall–Kier alpha value is -1.85. The smallest absolute Gasteiger partial charge is 0.128 e. The molecule has 5 heteroatoms. The first-order chi connectivity index (χ1) is 9.02. The molecule has 0 fully saturated rings. The molecule has 1 atom stereocenters. The summed E-state index contributed by atoms with van der Waals surface area (Å²) in [5, 5.41) is 0. The van der Waals surface area contributed by atoms with E-state index in [4.69, 9.17) is 5.84 Å². The highest BCUT2D eigenvalue weighted by Crippen LogP contribution is 2.25.